The van der Waals surface area contributed by atoms with Gasteiger partial charge in [0.25, 0.3) is 0 Å². The van der Waals surface area contributed by atoms with E-state index in [9.17, 15) is 5.11 Å². The van der Waals surface area contributed by atoms with Gasteiger partial charge in [0, 0.05) is 24.8 Å². The zero-order valence-electron chi connectivity index (χ0n) is 13.5. The summed E-state index contributed by atoms with van der Waals surface area (Å²) >= 11 is 0. The Labute approximate surface area is 131 Å². The lowest BCUT2D eigenvalue weighted by Crippen LogP contribution is -2.36. The smallest absolute Gasteiger partial charge is 0.162 e. The van der Waals surface area contributed by atoms with Crippen LogP contribution in [0, 0.1) is 20.8 Å². The normalized spacial score (nSPS) is 16.1. The molecule has 0 spiro atoms. The van der Waals surface area contributed by atoms with Crippen molar-refractivity contribution in [3.05, 3.63) is 41.1 Å². The van der Waals surface area contributed by atoms with Gasteiger partial charge in [0.05, 0.1) is 6.10 Å². The van der Waals surface area contributed by atoms with Crippen LogP contribution in [0.3, 0.4) is 0 Å². The number of aromatic nitrogens is 2. The Hall–Kier alpha value is -1.94. The number of benzene rings is 1. The second-order valence-corrected chi connectivity index (χ2v) is 6.23. The molecule has 0 bridgehead atoms. The topological polar surface area (TPSA) is 49.2 Å². The van der Waals surface area contributed by atoms with E-state index in [1.165, 1.54) is 16.7 Å². The molecule has 1 aliphatic rings. The Balaban J connectivity index is 1.95. The van der Waals surface area contributed by atoms with E-state index in [1.807, 2.05) is 12.3 Å². The molecule has 1 aliphatic heterocycles. The third-order valence-corrected chi connectivity index (χ3v) is 4.33. The summed E-state index contributed by atoms with van der Waals surface area (Å²) in [6.45, 7) is 8.04. The number of hydrogen-bond donors (Lipinski definition) is 1. The average Bonchev–Trinajstić information content (AvgIpc) is 2.47. The maximum absolute atomic E-state index is 9.65. The lowest BCUT2D eigenvalue weighted by atomic mass is 9.99. The fourth-order valence-electron chi connectivity index (χ4n) is 3.27. The maximum Gasteiger partial charge on any atom is 0.162 e. The van der Waals surface area contributed by atoms with Crippen LogP contribution in [0.2, 0.25) is 0 Å². The third-order valence-electron chi connectivity index (χ3n) is 4.33. The molecule has 1 saturated heterocycles. The molecule has 2 aromatic rings. The minimum absolute atomic E-state index is 0.167. The Morgan fingerprint density at radius 1 is 1.09 bits per heavy atom. The lowest BCUT2D eigenvalue weighted by molar-refractivity contribution is 0.145. The van der Waals surface area contributed by atoms with Crippen LogP contribution in [0.25, 0.3) is 11.4 Å². The number of anilines is 1. The highest BCUT2D eigenvalue weighted by atomic mass is 16.3. The molecule has 0 saturated carbocycles. The first-order valence-corrected chi connectivity index (χ1v) is 7.89. The summed E-state index contributed by atoms with van der Waals surface area (Å²) in [7, 11) is 0. The van der Waals surface area contributed by atoms with Crippen LogP contribution in [0.5, 0.6) is 0 Å². The van der Waals surface area contributed by atoms with Crippen molar-refractivity contribution >= 4 is 5.82 Å². The fourth-order valence-corrected chi connectivity index (χ4v) is 3.27. The molecule has 0 atom stereocenters. The van der Waals surface area contributed by atoms with Gasteiger partial charge in [-0.05, 0) is 50.8 Å². The van der Waals surface area contributed by atoms with E-state index in [2.05, 4.69) is 42.8 Å². The Morgan fingerprint density at radius 2 is 1.73 bits per heavy atom. The Morgan fingerprint density at radius 3 is 2.36 bits per heavy atom. The van der Waals surface area contributed by atoms with Crippen LogP contribution in [-0.2, 0) is 0 Å². The summed E-state index contributed by atoms with van der Waals surface area (Å²) in [5.41, 5.74) is 4.82. The first-order chi connectivity index (χ1) is 10.5. The van der Waals surface area contributed by atoms with Crippen molar-refractivity contribution in [3.63, 3.8) is 0 Å². The van der Waals surface area contributed by atoms with Crippen molar-refractivity contribution in [2.75, 3.05) is 18.0 Å². The molecular weight excluding hydrogens is 274 g/mol. The molecular formula is C18H23N3O. The van der Waals surface area contributed by atoms with E-state index in [0.29, 0.717) is 0 Å². The van der Waals surface area contributed by atoms with E-state index in [1.54, 1.807) is 0 Å². The number of piperidine rings is 1. The van der Waals surface area contributed by atoms with Gasteiger partial charge in [-0.3, -0.25) is 0 Å². The van der Waals surface area contributed by atoms with Crippen molar-refractivity contribution in [2.24, 2.45) is 0 Å². The van der Waals surface area contributed by atoms with Crippen molar-refractivity contribution in [1.82, 2.24) is 9.97 Å². The van der Waals surface area contributed by atoms with E-state index in [-0.39, 0.29) is 6.10 Å². The molecule has 1 fully saturated rings. The highest BCUT2D eigenvalue weighted by molar-refractivity contribution is 5.66. The standard InChI is InChI=1S/C18H23N3O/c1-12-10-13(2)17(14(3)11-12)18-19-7-4-16(20-18)21-8-5-15(22)6-9-21/h4,7,10-11,15,22H,5-6,8-9H2,1-3H3. The third kappa shape index (κ3) is 2.97. The summed E-state index contributed by atoms with van der Waals surface area (Å²) < 4.78 is 0. The number of aliphatic hydroxyl groups excluding tert-OH is 1. The van der Waals surface area contributed by atoms with Gasteiger partial charge in [0.2, 0.25) is 0 Å². The molecule has 0 unspecified atom stereocenters. The molecule has 4 nitrogen and oxygen atoms in total. The fraction of sp³-hybridized carbons (Fsp3) is 0.444. The van der Waals surface area contributed by atoms with Crippen molar-refractivity contribution < 1.29 is 5.11 Å². The predicted octanol–water partition coefficient (Wildman–Crippen LogP) is 3.03. The molecule has 0 amide bonds. The molecule has 3 rings (SSSR count). The van der Waals surface area contributed by atoms with E-state index in [4.69, 9.17) is 4.98 Å². The van der Waals surface area contributed by atoms with Crippen LogP contribution in [-0.4, -0.2) is 34.3 Å². The van der Waals surface area contributed by atoms with Crippen molar-refractivity contribution in [1.29, 1.82) is 0 Å². The largest absolute Gasteiger partial charge is 0.393 e. The number of aryl methyl sites for hydroxylation is 3. The predicted molar refractivity (Wildman–Crippen MR) is 89.1 cm³/mol. The second-order valence-electron chi connectivity index (χ2n) is 6.23. The lowest BCUT2D eigenvalue weighted by Gasteiger charge is -2.30. The van der Waals surface area contributed by atoms with Gasteiger partial charge >= 0.3 is 0 Å². The molecule has 2 heterocycles. The first-order valence-electron chi connectivity index (χ1n) is 7.89. The summed E-state index contributed by atoms with van der Waals surface area (Å²) in [5.74, 6) is 1.75. The average molecular weight is 297 g/mol. The molecule has 0 radical (unpaired) electrons. The SMILES string of the molecule is Cc1cc(C)c(-c2nccc(N3CCC(O)CC3)n2)c(C)c1. The van der Waals surface area contributed by atoms with Gasteiger partial charge in [-0.1, -0.05) is 17.7 Å². The summed E-state index contributed by atoms with van der Waals surface area (Å²) in [6.07, 6.45) is 3.28. The van der Waals surface area contributed by atoms with E-state index in [0.717, 1.165) is 43.1 Å². The van der Waals surface area contributed by atoms with Gasteiger partial charge in [0.1, 0.15) is 5.82 Å². The molecule has 1 aromatic heterocycles. The van der Waals surface area contributed by atoms with Crippen LogP contribution in [0.1, 0.15) is 29.5 Å². The number of aliphatic hydroxyl groups is 1. The van der Waals surface area contributed by atoms with Gasteiger partial charge in [-0.2, -0.15) is 0 Å². The molecule has 0 aliphatic carbocycles. The van der Waals surface area contributed by atoms with Gasteiger partial charge in [-0.15, -0.1) is 0 Å². The van der Waals surface area contributed by atoms with Crippen LogP contribution in [0.4, 0.5) is 5.82 Å². The zero-order chi connectivity index (χ0) is 15.7. The summed E-state index contributed by atoms with van der Waals surface area (Å²) in [5, 5.41) is 9.65. The molecule has 1 aromatic carbocycles. The van der Waals surface area contributed by atoms with E-state index >= 15 is 0 Å². The van der Waals surface area contributed by atoms with Gasteiger partial charge in [-0.25, -0.2) is 9.97 Å². The zero-order valence-corrected chi connectivity index (χ0v) is 13.5. The minimum Gasteiger partial charge on any atom is -0.393 e. The van der Waals surface area contributed by atoms with Crippen molar-refractivity contribution in [3.8, 4) is 11.4 Å². The first kappa shape index (κ1) is 15.0. The van der Waals surface area contributed by atoms with Crippen LogP contribution >= 0.6 is 0 Å². The highest BCUT2D eigenvalue weighted by Crippen LogP contribution is 2.27. The molecule has 22 heavy (non-hydrogen) atoms. The summed E-state index contributed by atoms with van der Waals surface area (Å²) in [4.78, 5) is 11.5. The van der Waals surface area contributed by atoms with Crippen molar-refractivity contribution in [2.45, 2.75) is 39.7 Å². The monoisotopic (exact) mass is 297 g/mol. The molecule has 116 valence electrons. The quantitative estimate of drug-likeness (QED) is 0.925. The highest BCUT2D eigenvalue weighted by Gasteiger charge is 2.19. The maximum atomic E-state index is 9.65. The second kappa shape index (κ2) is 6.05. The Bertz CT molecular complexity index is 653. The molecule has 4 heteroatoms. The van der Waals surface area contributed by atoms with Crippen LogP contribution < -0.4 is 4.90 Å². The number of nitrogens with zero attached hydrogens (tertiary/aromatic N) is 3. The van der Waals surface area contributed by atoms with Gasteiger partial charge in [0.15, 0.2) is 5.82 Å². The minimum atomic E-state index is -0.167. The Kier molecular flexibility index (Phi) is 4.12. The molecule has 1 N–H and O–H groups in total. The van der Waals surface area contributed by atoms with Crippen LogP contribution in [0.15, 0.2) is 24.4 Å². The summed E-state index contributed by atoms with van der Waals surface area (Å²) in [6, 6.07) is 6.31. The number of rotatable bonds is 2. The van der Waals surface area contributed by atoms with E-state index < -0.39 is 0 Å². The number of hydrogen-bond acceptors (Lipinski definition) is 4. The van der Waals surface area contributed by atoms with Gasteiger partial charge < -0.3 is 10.0 Å².